The summed E-state index contributed by atoms with van der Waals surface area (Å²) in [5.74, 6) is 0.208. The molecular formula is C14H8BrF3N2. The molecule has 2 nitrogen and oxygen atoms in total. The van der Waals surface area contributed by atoms with E-state index in [1.165, 1.54) is 12.1 Å². The van der Waals surface area contributed by atoms with Crippen molar-refractivity contribution in [2.45, 2.75) is 6.18 Å². The number of hydrogen-bond acceptors (Lipinski definition) is 1. The summed E-state index contributed by atoms with van der Waals surface area (Å²) in [4.78, 5) is 7.14. The van der Waals surface area contributed by atoms with Crippen LogP contribution in [0.5, 0.6) is 0 Å². The molecule has 0 aliphatic rings. The van der Waals surface area contributed by atoms with Gasteiger partial charge in [-0.2, -0.15) is 13.2 Å². The van der Waals surface area contributed by atoms with E-state index in [9.17, 15) is 13.2 Å². The molecule has 1 N–H and O–H groups in total. The molecule has 0 saturated heterocycles. The molecule has 0 aliphatic heterocycles. The number of halogens is 4. The second-order valence-electron chi connectivity index (χ2n) is 4.26. The molecule has 102 valence electrons. The number of hydrogen-bond donors (Lipinski definition) is 1. The van der Waals surface area contributed by atoms with E-state index in [-0.39, 0.29) is 15.9 Å². The number of rotatable bonds is 1. The maximum absolute atomic E-state index is 13.2. The maximum atomic E-state index is 13.2. The molecule has 0 aliphatic carbocycles. The first-order valence-corrected chi connectivity index (χ1v) is 6.57. The molecule has 0 fully saturated rings. The molecule has 20 heavy (non-hydrogen) atoms. The predicted molar refractivity (Wildman–Crippen MR) is 74.2 cm³/mol. The fourth-order valence-corrected chi connectivity index (χ4v) is 2.68. The number of fused-ring (bicyclic) bond motifs is 1. The highest BCUT2D eigenvalue weighted by Gasteiger charge is 2.36. The predicted octanol–water partition coefficient (Wildman–Crippen LogP) is 5.01. The van der Waals surface area contributed by atoms with Crippen LogP contribution < -0.4 is 0 Å². The molecule has 0 atom stereocenters. The maximum Gasteiger partial charge on any atom is 0.418 e. The molecule has 1 heterocycles. The highest BCUT2D eigenvalue weighted by molar-refractivity contribution is 9.10. The first-order valence-electron chi connectivity index (χ1n) is 5.77. The van der Waals surface area contributed by atoms with Crippen LogP contribution in [0.15, 0.2) is 46.9 Å². The third-order valence-electron chi connectivity index (χ3n) is 2.94. The van der Waals surface area contributed by atoms with Crippen LogP contribution in [0.25, 0.3) is 22.4 Å². The third-order valence-corrected chi connectivity index (χ3v) is 3.60. The van der Waals surface area contributed by atoms with Crippen LogP contribution in [0.3, 0.4) is 0 Å². The number of H-pyrrole nitrogens is 1. The summed E-state index contributed by atoms with van der Waals surface area (Å²) in [6.45, 7) is 0. The zero-order valence-electron chi connectivity index (χ0n) is 10.0. The van der Waals surface area contributed by atoms with E-state index in [1.807, 2.05) is 0 Å². The average Bonchev–Trinajstić information content (AvgIpc) is 2.80. The van der Waals surface area contributed by atoms with Gasteiger partial charge in [-0.05, 0) is 18.2 Å². The van der Waals surface area contributed by atoms with E-state index in [0.717, 1.165) is 0 Å². The van der Waals surface area contributed by atoms with E-state index in [1.54, 1.807) is 30.3 Å². The smallest absolute Gasteiger partial charge is 0.338 e. The average molecular weight is 341 g/mol. The van der Waals surface area contributed by atoms with E-state index in [4.69, 9.17) is 0 Å². The molecule has 0 spiro atoms. The van der Waals surface area contributed by atoms with Gasteiger partial charge in [0, 0.05) is 10.0 Å². The van der Waals surface area contributed by atoms with Gasteiger partial charge >= 0.3 is 6.18 Å². The second kappa shape index (κ2) is 4.63. The van der Waals surface area contributed by atoms with Gasteiger partial charge in [0.15, 0.2) is 0 Å². The topological polar surface area (TPSA) is 28.7 Å². The van der Waals surface area contributed by atoms with Crippen molar-refractivity contribution < 1.29 is 13.2 Å². The Morgan fingerprint density at radius 1 is 1.00 bits per heavy atom. The molecule has 2 aromatic carbocycles. The van der Waals surface area contributed by atoms with Crippen LogP contribution in [0.1, 0.15) is 5.56 Å². The number of imidazole rings is 1. The number of nitrogens with zero attached hydrogens (tertiary/aromatic N) is 1. The Morgan fingerprint density at radius 3 is 2.45 bits per heavy atom. The summed E-state index contributed by atoms with van der Waals surface area (Å²) in [6.07, 6.45) is -4.45. The zero-order valence-corrected chi connectivity index (χ0v) is 11.6. The molecule has 3 aromatic rings. The highest BCUT2D eigenvalue weighted by atomic mass is 79.9. The second-order valence-corrected chi connectivity index (χ2v) is 5.12. The minimum atomic E-state index is -4.45. The molecule has 6 heteroatoms. The molecule has 0 bridgehead atoms. The van der Waals surface area contributed by atoms with Crippen LogP contribution in [-0.2, 0) is 6.18 Å². The van der Waals surface area contributed by atoms with Crippen LogP contribution in [-0.4, -0.2) is 9.97 Å². The van der Waals surface area contributed by atoms with Crippen molar-refractivity contribution in [2.75, 3.05) is 0 Å². The lowest BCUT2D eigenvalue weighted by atomic mass is 10.1. The van der Waals surface area contributed by atoms with E-state index in [2.05, 4.69) is 25.9 Å². The Labute approximate surface area is 120 Å². The van der Waals surface area contributed by atoms with Gasteiger partial charge in [0.1, 0.15) is 5.82 Å². The van der Waals surface area contributed by atoms with Gasteiger partial charge in [-0.25, -0.2) is 4.98 Å². The number of aromatic amines is 1. The van der Waals surface area contributed by atoms with Crippen molar-refractivity contribution in [3.63, 3.8) is 0 Å². The third kappa shape index (κ3) is 2.20. The van der Waals surface area contributed by atoms with E-state index >= 15 is 0 Å². The Hall–Kier alpha value is -1.82. The summed E-state index contributed by atoms with van der Waals surface area (Å²) in [6, 6.07) is 11.5. The van der Waals surface area contributed by atoms with Gasteiger partial charge in [-0.15, -0.1) is 0 Å². The Morgan fingerprint density at radius 2 is 1.75 bits per heavy atom. The summed E-state index contributed by atoms with van der Waals surface area (Å²) >= 11 is 2.96. The molecule has 0 amide bonds. The minimum absolute atomic E-state index is 0.00274. The number of benzene rings is 2. The molecule has 0 radical (unpaired) electrons. The number of alkyl halides is 3. The molecule has 0 unspecified atom stereocenters. The van der Waals surface area contributed by atoms with Gasteiger partial charge in [-0.3, -0.25) is 0 Å². The van der Waals surface area contributed by atoms with Crippen LogP contribution in [0.4, 0.5) is 13.2 Å². The number of nitrogens with one attached hydrogen (secondary N) is 1. The minimum Gasteiger partial charge on any atom is -0.338 e. The van der Waals surface area contributed by atoms with E-state index < -0.39 is 11.7 Å². The van der Waals surface area contributed by atoms with Crippen molar-refractivity contribution in [3.8, 4) is 11.4 Å². The first kappa shape index (κ1) is 13.2. The van der Waals surface area contributed by atoms with Crippen molar-refractivity contribution >= 4 is 27.0 Å². The van der Waals surface area contributed by atoms with Crippen LogP contribution in [0.2, 0.25) is 0 Å². The molecule has 1 aromatic heterocycles. The van der Waals surface area contributed by atoms with Crippen molar-refractivity contribution in [3.05, 3.63) is 52.5 Å². The van der Waals surface area contributed by atoms with Gasteiger partial charge < -0.3 is 4.98 Å². The Kier molecular flexibility index (Phi) is 3.05. The Balaban J connectivity index is 2.26. The van der Waals surface area contributed by atoms with Crippen molar-refractivity contribution in [2.24, 2.45) is 0 Å². The van der Waals surface area contributed by atoms with Crippen LogP contribution >= 0.6 is 15.9 Å². The monoisotopic (exact) mass is 340 g/mol. The normalized spacial score (nSPS) is 12.0. The zero-order chi connectivity index (χ0) is 14.3. The highest BCUT2D eigenvalue weighted by Crippen LogP contribution is 2.41. The van der Waals surface area contributed by atoms with E-state index in [0.29, 0.717) is 11.0 Å². The van der Waals surface area contributed by atoms with Gasteiger partial charge in [0.2, 0.25) is 0 Å². The SMILES string of the molecule is FC(F)(F)c1c(Br)cccc1-c1nc2ccccc2[nH]1. The quantitative estimate of drug-likeness (QED) is 0.662. The number of para-hydroxylation sites is 2. The molecular weight excluding hydrogens is 333 g/mol. The van der Waals surface area contributed by atoms with Crippen LogP contribution in [0, 0.1) is 0 Å². The lowest BCUT2D eigenvalue weighted by molar-refractivity contribution is -0.137. The van der Waals surface area contributed by atoms with Gasteiger partial charge in [-0.1, -0.05) is 40.2 Å². The largest absolute Gasteiger partial charge is 0.418 e. The fraction of sp³-hybridized carbons (Fsp3) is 0.0714. The number of aromatic nitrogens is 2. The summed E-state index contributed by atoms with van der Waals surface area (Å²) < 4.78 is 39.5. The summed E-state index contributed by atoms with van der Waals surface area (Å²) in [7, 11) is 0. The van der Waals surface area contributed by atoms with Crippen molar-refractivity contribution in [1.82, 2.24) is 9.97 Å². The molecule has 3 rings (SSSR count). The fourth-order valence-electron chi connectivity index (χ4n) is 2.09. The van der Waals surface area contributed by atoms with Gasteiger partial charge in [0.05, 0.1) is 16.6 Å². The Bertz CT molecular complexity index is 744. The lowest BCUT2D eigenvalue weighted by Gasteiger charge is -2.13. The van der Waals surface area contributed by atoms with Gasteiger partial charge in [0.25, 0.3) is 0 Å². The summed E-state index contributed by atoms with van der Waals surface area (Å²) in [5, 5.41) is 0. The first-order chi connectivity index (χ1) is 9.47. The lowest BCUT2D eigenvalue weighted by Crippen LogP contribution is -2.08. The molecule has 0 saturated carbocycles. The summed E-state index contributed by atoms with van der Waals surface area (Å²) in [5.41, 5.74) is 0.647. The van der Waals surface area contributed by atoms with Crippen molar-refractivity contribution in [1.29, 1.82) is 0 Å². The standard InChI is InChI=1S/C14H8BrF3N2/c15-9-5-3-4-8(12(9)14(16,17)18)13-19-10-6-1-2-7-11(10)20-13/h1-7H,(H,19,20).